The standard InChI is InChI=1S/C21H25NO3/c1-3-18(4-2)22-19(23)15-25-21(24)20(16-11-7-5-8-12-16)17-13-9-6-10-14-17/h5-14,18,20H,3-4,15H2,1-2H3,(H,22,23). The molecule has 0 heterocycles. The maximum atomic E-state index is 12.7. The zero-order valence-electron chi connectivity index (χ0n) is 14.8. The van der Waals surface area contributed by atoms with Crippen LogP contribution in [0.25, 0.3) is 0 Å². The number of amides is 1. The highest BCUT2D eigenvalue weighted by molar-refractivity contribution is 5.85. The summed E-state index contributed by atoms with van der Waals surface area (Å²) in [5.74, 6) is -1.22. The molecule has 0 fully saturated rings. The Morgan fingerprint density at radius 1 is 0.880 bits per heavy atom. The van der Waals surface area contributed by atoms with E-state index in [1.165, 1.54) is 0 Å². The number of carbonyl (C=O) groups excluding carboxylic acids is 2. The van der Waals surface area contributed by atoms with E-state index in [0.29, 0.717) is 0 Å². The fraction of sp³-hybridized carbons (Fsp3) is 0.333. The molecule has 0 aliphatic carbocycles. The van der Waals surface area contributed by atoms with E-state index in [-0.39, 0.29) is 18.6 Å². The third kappa shape index (κ3) is 5.45. The molecule has 0 bridgehead atoms. The second-order valence-electron chi connectivity index (χ2n) is 5.94. The summed E-state index contributed by atoms with van der Waals surface area (Å²) in [6, 6.07) is 19.0. The maximum Gasteiger partial charge on any atom is 0.318 e. The lowest BCUT2D eigenvalue weighted by molar-refractivity contribution is -0.149. The van der Waals surface area contributed by atoms with Gasteiger partial charge in [0.15, 0.2) is 6.61 Å². The van der Waals surface area contributed by atoms with Gasteiger partial charge in [0.25, 0.3) is 5.91 Å². The predicted molar refractivity (Wildman–Crippen MR) is 98.2 cm³/mol. The van der Waals surface area contributed by atoms with Crippen molar-refractivity contribution < 1.29 is 14.3 Å². The summed E-state index contributed by atoms with van der Waals surface area (Å²) in [6.07, 6.45) is 1.71. The molecule has 0 radical (unpaired) electrons. The van der Waals surface area contributed by atoms with Gasteiger partial charge in [-0.1, -0.05) is 74.5 Å². The molecule has 2 aromatic carbocycles. The van der Waals surface area contributed by atoms with Crippen LogP contribution in [0.15, 0.2) is 60.7 Å². The zero-order chi connectivity index (χ0) is 18.1. The number of hydrogen-bond donors (Lipinski definition) is 1. The van der Waals surface area contributed by atoms with Crippen molar-refractivity contribution in [2.75, 3.05) is 6.61 Å². The van der Waals surface area contributed by atoms with Gasteiger partial charge in [0.05, 0.1) is 0 Å². The van der Waals surface area contributed by atoms with Crippen molar-refractivity contribution in [2.45, 2.75) is 38.6 Å². The Morgan fingerprint density at radius 3 is 1.80 bits per heavy atom. The van der Waals surface area contributed by atoms with Gasteiger partial charge >= 0.3 is 5.97 Å². The minimum absolute atomic E-state index is 0.116. The lowest BCUT2D eigenvalue weighted by atomic mass is 9.91. The lowest BCUT2D eigenvalue weighted by Gasteiger charge is -2.18. The Labute approximate surface area is 149 Å². The van der Waals surface area contributed by atoms with Crippen LogP contribution in [-0.2, 0) is 14.3 Å². The molecule has 0 saturated carbocycles. The molecule has 0 spiro atoms. The van der Waals surface area contributed by atoms with Crippen LogP contribution in [0.3, 0.4) is 0 Å². The Bertz CT molecular complexity index is 627. The Hall–Kier alpha value is -2.62. The molecule has 0 saturated heterocycles. The highest BCUT2D eigenvalue weighted by Crippen LogP contribution is 2.25. The fourth-order valence-corrected chi connectivity index (χ4v) is 2.74. The first-order valence-electron chi connectivity index (χ1n) is 8.71. The van der Waals surface area contributed by atoms with Crippen molar-refractivity contribution in [3.05, 3.63) is 71.8 Å². The van der Waals surface area contributed by atoms with E-state index in [0.717, 1.165) is 24.0 Å². The highest BCUT2D eigenvalue weighted by Gasteiger charge is 2.25. The monoisotopic (exact) mass is 339 g/mol. The van der Waals surface area contributed by atoms with Gasteiger partial charge < -0.3 is 10.1 Å². The van der Waals surface area contributed by atoms with Crippen molar-refractivity contribution in [2.24, 2.45) is 0 Å². The van der Waals surface area contributed by atoms with Crippen LogP contribution in [0.2, 0.25) is 0 Å². The molecule has 25 heavy (non-hydrogen) atoms. The number of hydrogen-bond acceptors (Lipinski definition) is 3. The van der Waals surface area contributed by atoms with Crippen molar-refractivity contribution in [3.8, 4) is 0 Å². The molecule has 0 unspecified atom stereocenters. The number of esters is 1. The minimum atomic E-state index is -0.539. The predicted octanol–water partition coefficient (Wildman–Crippen LogP) is 3.67. The topological polar surface area (TPSA) is 55.4 Å². The fourth-order valence-electron chi connectivity index (χ4n) is 2.74. The third-order valence-corrected chi connectivity index (χ3v) is 4.20. The van der Waals surface area contributed by atoms with Crippen LogP contribution in [-0.4, -0.2) is 24.5 Å². The number of nitrogens with one attached hydrogen (secondary N) is 1. The second-order valence-corrected chi connectivity index (χ2v) is 5.94. The van der Waals surface area contributed by atoms with Crippen LogP contribution in [0.5, 0.6) is 0 Å². The first-order valence-corrected chi connectivity index (χ1v) is 8.71. The lowest BCUT2D eigenvalue weighted by Crippen LogP contribution is -2.37. The maximum absolute atomic E-state index is 12.7. The van der Waals surface area contributed by atoms with Gasteiger partial charge in [-0.2, -0.15) is 0 Å². The summed E-state index contributed by atoms with van der Waals surface area (Å²) in [5.41, 5.74) is 1.69. The smallest absolute Gasteiger partial charge is 0.318 e. The highest BCUT2D eigenvalue weighted by atomic mass is 16.5. The normalized spacial score (nSPS) is 10.7. The minimum Gasteiger partial charge on any atom is -0.455 e. The van der Waals surface area contributed by atoms with E-state index in [1.807, 2.05) is 74.5 Å². The van der Waals surface area contributed by atoms with E-state index in [9.17, 15) is 9.59 Å². The Morgan fingerprint density at radius 2 is 1.36 bits per heavy atom. The quantitative estimate of drug-likeness (QED) is 0.747. The van der Waals surface area contributed by atoms with E-state index in [1.54, 1.807) is 0 Å². The van der Waals surface area contributed by atoms with E-state index in [2.05, 4.69) is 5.32 Å². The molecule has 132 valence electrons. The Kier molecular flexibility index (Phi) is 7.20. The molecule has 0 aliphatic rings. The summed E-state index contributed by atoms with van der Waals surface area (Å²) >= 11 is 0. The number of carbonyl (C=O) groups is 2. The van der Waals surface area contributed by atoms with Crippen LogP contribution in [0.1, 0.15) is 43.7 Å². The van der Waals surface area contributed by atoms with Crippen molar-refractivity contribution >= 4 is 11.9 Å². The van der Waals surface area contributed by atoms with Crippen molar-refractivity contribution in [1.82, 2.24) is 5.32 Å². The van der Waals surface area contributed by atoms with Gasteiger partial charge in [-0.15, -0.1) is 0 Å². The molecule has 2 aromatic rings. The first-order chi connectivity index (χ1) is 12.2. The summed E-state index contributed by atoms with van der Waals surface area (Å²) in [6.45, 7) is 3.77. The van der Waals surface area contributed by atoms with Gasteiger partial charge in [0.1, 0.15) is 5.92 Å². The molecule has 0 atom stereocenters. The largest absolute Gasteiger partial charge is 0.455 e. The van der Waals surface area contributed by atoms with Gasteiger partial charge in [-0.05, 0) is 24.0 Å². The van der Waals surface area contributed by atoms with Crippen LogP contribution in [0.4, 0.5) is 0 Å². The molecule has 2 rings (SSSR count). The number of benzene rings is 2. The molecule has 0 aromatic heterocycles. The average molecular weight is 339 g/mol. The summed E-state index contributed by atoms with van der Waals surface area (Å²) in [4.78, 5) is 24.7. The van der Waals surface area contributed by atoms with Gasteiger partial charge in [-0.3, -0.25) is 9.59 Å². The van der Waals surface area contributed by atoms with E-state index < -0.39 is 11.9 Å². The SMILES string of the molecule is CCC(CC)NC(=O)COC(=O)C(c1ccccc1)c1ccccc1. The zero-order valence-corrected chi connectivity index (χ0v) is 14.8. The van der Waals surface area contributed by atoms with E-state index in [4.69, 9.17) is 4.74 Å². The van der Waals surface area contributed by atoms with Gasteiger partial charge in [0.2, 0.25) is 0 Å². The molecule has 1 amide bonds. The molecular formula is C21H25NO3. The van der Waals surface area contributed by atoms with Crippen LogP contribution >= 0.6 is 0 Å². The van der Waals surface area contributed by atoms with Crippen molar-refractivity contribution in [3.63, 3.8) is 0 Å². The Balaban J connectivity index is 2.08. The van der Waals surface area contributed by atoms with Crippen molar-refractivity contribution in [1.29, 1.82) is 0 Å². The average Bonchev–Trinajstić information content (AvgIpc) is 2.66. The number of rotatable bonds is 8. The van der Waals surface area contributed by atoms with Gasteiger partial charge in [0, 0.05) is 6.04 Å². The van der Waals surface area contributed by atoms with Gasteiger partial charge in [-0.25, -0.2) is 0 Å². The van der Waals surface area contributed by atoms with Crippen LogP contribution < -0.4 is 5.32 Å². The van der Waals surface area contributed by atoms with Crippen LogP contribution in [0, 0.1) is 0 Å². The molecule has 4 heteroatoms. The molecule has 0 aliphatic heterocycles. The summed E-state index contributed by atoms with van der Waals surface area (Å²) in [5, 5.41) is 2.87. The summed E-state index contributed by atoms with van der Waals surface area (Å²) in [7, 11) is 0. The first kappa shape index (κ1) is 18.7. The summed E-state index contributed by atoms with van der Waals surface area (Å²) < 4.78 is 5.31. The molecule has 4 nitrogen and oxygen atoms in total. The van der Waals surface area contributed by atoms with E-state index >= 15 is 0 Å². The molecule has 1 N–H and O–H groups in total. The third-order valence-electron chi connectivity index (χ3n) is 4.20. The second kappa shape index (κ2) is 9.62. The number of ether oxygens (including phenoxy) is 1. The molecular weight excluding hydrogens is 314 g/mol.